The molecular weight excluding hydrogens is 322 g/mol. The van der Waals surface area contributed by atoms with Crippen LogP contribution in [0.5, 0.6) is 0 Å². The highest BCUT2D eigenvalue weighted by atomic mass is 16.6. The Bertz CT molecular complexity index is 934. The zero-order valence-corrected chi connectivity index (χ0v) is 12.9. The number of aromatic amines is 1. The molecule has 0 atom stereocenters. The van der Waals surface area contributed by atoms with Gasteiger partial charge in [0.25, 0.3) is 11.6 Å². The third-order valence-electron chi connectivity index (χ3n) is 3.35. The zero-order chi connectivity index (χ0) is 17.6. The van der Waals surface area contributed by atoms with E-state index in [1.807, 2.05) is 30.3 Å². The summed E-state index contributed by atoms with van der Waals surface area (Å²) in [5, 5.41) is 21.3. The van der Waals surface area contributed by atoms with Crippen molar-refractivity contribution < 1.29 is 9.72 Å². The molecule has 0 radical (unpaired) electrons. The molecule has 0 saturated carbocycles. The van der Waals surface area contributed by atoms with E-state index in [4.69, 9.17) is 0 Å². The summed E-state index contributed by atoms with van der Waals surface area (Å²) in [6.45, 7) is 0. The standard InChI is InChI=1S/C17H13N5O3/c23-17(16-10-15(19-20-16)13-6-2-1-3-7-13)21-18-11-12-5-4-8-14(9-12)22(24)25/h1-11H,(H,19,20)(H,21,23)/b18-11+. The van der Waals surface area contributed by atoms with Gasteiger partial charge >= 0.3 is 0 Å². The minimum Gasteiger partial charge on any atom is -0.272 e. The van der Waals surface area contributed by atoms with Gasteiger partial charge in [0.1, 0.15) is 5.69 Å². The molecule has 0 bridgehead atoms. The van der Waals surface area contributed by atoms with E-state index in [0.717, 1.165) is 5.56 Å². The van der Waals surface area contributed by atoms with E-state index in [9.17, 15) is 14.9 Å². The molecule has 8 heteroatoms. The number of nitro benzene ring substituents is 1. The first-order valence-electron chi connectivity index (χ1n) is 7.32. The molecule has 1 amide bonds. The summed E-state index contributed by atoms with van der Waals surface area (Å²) < 4.78 is 0. The summed E-state index contributed by atoms with van der Waals surface area (Å²) in [5.74, 6) is -0.462. The fourth-order valence-corrected chi connectivity index (χ4v) is 2.14. The number of hydrazone groups is 1. The highest BCUT2D eigenvalue weighted by Gasteiger charge is 2.10. The summed E-state index contributed by atoms with van der Waals surface area (Å²) in [5.41, 5.74) is 4.60. The second kappa shape index (κ2) is 7.18. The summed E-state index contributed by atoms with van der Waals surface area (Å²) in [7, 11) is 0. The van der Waals surface area contributed by atoms with Gasteiger partial charge in [-0.2, -0.15) is 10.2 Å². The molecule has 3 aromatic rings. The van der Waals surface area contributed by atoms with E-state index in [1.54, 1.807) is 18.2 Å². The lowest BCUT2D eigenvalue weighted by Gasteiger charge is -1.96. The molecule has 0 aliphatic carbocycles. The Kier molecular flexibility index (Phi) is 4.61. The number of amides is 1. The summed E-state index contributed by atoms with van der Waals surface area (Å²) >= 11 is 0. The minimum atomic E-state index is -0.494. The molecular formula is C17H13N5O3. The molecule has 2 aromatic carbocycles. The first-order valence-corrected chi connectivity index (χ1v) is 7.32. The van der Waals surface area contributed by atoms with E-state index in [2.05, 4.69) is 20.7 Å². The first-order chi connectivity index (χ1) is 12.1. The van der Waals surface area contributed by atoms with Crippen LogP contribution < -0.4 is 5.43 Å². The number of hydrogen-bond donors (Lipinski definition) is 2. The molecule has 0 aliphatic heterocycles. The molecule has 0 unspecified atom stereocenters. The van der Waals surface area contributed by atoms with Crippen LogP contribution in [0.4, 0.5) is 5.69 Å². The van der Waals surface area contributed by atoms with Crippen LogP contribution in [0.25, 0.3) is 11.3 Å². The Morgan fingerprint density at radius 2 is 1.96 bits per heavy atom. The van der Waals surface area contributed by atoms with E-state index in [1.165, 1.54) is 18.3 Å². The number of nitrogens with zero attached hydrogens (tertiary/aromatic N) is 3. The third kappa shape index (κ3) is 3.94. The summed E-state index contributed by atoms with van der Waals surface area (Å²) in [4.78, 5) is 22.3. The predicted octanol–water partition coefficient (Wildman–Crippen LogP) is 2.75. The molecule has 0 aliphatic rings. The highest BCUT2D eigenvalue weighted by Crippen LogP contribution is 2.16. The Morgan fingerprint density at radius 1 is 1.16 bits per heavy atom. The molecule has 1 heterocycles. The minimum absolute atomic E-state index is 0.0450. The number of carbonyl (C=O) groups excluding carboxylic acids is 1. The maximum absolute atomic E-state index is 12.1. The Labute approximate surface area is 142 Å². The lowest BCUT2D eigenvalue weighted by Crippen LogP contribution is -2.18. The molecule has 8 nitrogen and oxygen atoms in total. The fraction of sp³-hybridized carbons (Fsp3) is 0. The maximum atomic E-state index is 12.1. The van der Waals surface area contributed by atoms with Gasteiger partial charge in [-0.25, -0.2) is 5.43 Å². The topological polar surface area (TPSA) is 113 Å². The normalized spacial score (nSPS) is 10.7. The number of carbonyl (C=O) groups is 1. The van der Waals surface area contributed by atoms with Crippen molar-refractivity contribution in [1.82, 2.24) is 15.6 Å². The summed E-state index contributed by atoms with van der Waals surface area (Å²) in [6, 6.07) is 17.0. The molecule has 25 heavy (non-hydrogen) atoms. The van der Waals surface area contributed by atoms with Gasteiger partial charge in [-0.1, -0.05) is 42.5 Å². The number of nitro groups is 1. The third-order valence-corrected chi connectivity index (χ3v) is 3.35. The second-order valence-corrected chi connectivity index (χ2v) is 5.08. The fourth-order valence-electron chi connectivity index (χ4n) is 2.14. The molecule has 1 aromatic heterocycles. The number of benzene rings is 2. The average molecular weight is 335 g/mol. The van der Waals surface area contributed by atoms with Crippen LogP contribution in [0.15, 0.2) is 65.8 Å². The lowest BCUT2D eigenvalue weighted by atomic mass is 10.1. The lowest BCUT2D eigenvalue weighted by molar-refractivity contribution is -0.384. The van der Waals surface area contributed by atoms with Gasteiger partial charge in [0.15, 0.2) is 0 Å². The number of hydrogen-bond acceptors (Lipinski definition) is 5. The highest BCUT2D eigenvalue weighted by molar-refractivity contribution is 5.94. The molecule has 0 saturated heterocycles. The Hall–Kier alpha value is -3.81. The van der Waals surface area contributed by atoms with Crippen LogP contribution in [-0.4, -0.2) is 27.2 Å². The second-order valence-electron chi connectivity index (χ2n) is 5.08. The van der Waals surface area contributed by atoms with E-state index < -0.39 is 10.8 Å². The monoisotopic (exact) mass is 335 g/mol. The van der Waals surface area contributed by atoms with Crippen molar-refractivity contribution in [3.63, 3.8) is 0 Å². The molecule has 3 rings (SSSR count). The van der Waals surface area contributed by atoms with Crippen molar-refractivity contribution in [2.75, 3.05) is 0 Å². The maximum Gasteiger partial charge on any atom is 0.289 e. The van der Waals surface area contributed by atoms with Crippen molar-refractivity contribution >= 4 is 17.8 Å². The predicted molar refractivity (Wildman–Crippen MR) is 92.2 cm³/mol. The number of nitrogens with one attached hydrogen (secondary N) is 2. The van der Waals surface area contributed by atoms with Crippen LogP contribution >= 0.6 is 0 Å². The van der Waals surface area contributed by atoms with Gasteiger partial charge in [-0.3, -0.25) is 20.0 Å². The van der Waals surface area contributed by atoms with Gasteiger partial charge in [-0.05, 0) is 6.07 Å². The number of aromatic nitrogens is 2. The van der Waals surface area contributed by atoms with Crippen molar-refractivity contribution in [3.8, 4) is 11.3 Å². The number of rotatable bonds is 5. The van der Waals surface area contributed by atoms with Crippen LogP contribution in [-0.2, 0) is 0 Å². The van der Waals surface area contributed by atoms with Crippen molar-refractivity contribution in [2.45, 2.75) is 0 Å². The average Bonchev–Trinajstić information content (AvgIpc) is 3.13. The Morgan fingerprint density at radius 3 is 2.72 bits per heavy atom. The zero-order valence-electron chi connectivity index (χ0n) is 12.9. The number of non-ortho nitro benzene ring substituents is 1. The van der Waals surface area contributed by atoms with Crippen LogP contribution in [0.2, 0.25) is 0 Å². The van der Waals surface area contributed by atoms with Crippen molar-refractivity contribution in [3.05, 3.63) is 82.0 Å². The van der Waals surface area contributed by atoms with E-state index >= 15 is 0 Å². The van der Waals surface area contributed by atoms with Gasteiger partial charge in [0.05, 0.1) is 16.8 Å². The van der Waals surface area contributed by atoms with Gasteiger partial charge in [-0.15, -0.1) is 0 Å². The van der Waals surface area contributed by atoms with Crippen molar-refractivity contribution in [1.29, 1.82) is 0 Å². The quantitative estimate of drug-likeness (QED) is 0.424. The molecule has 0 spiro atoms. The molecule has 0 fully saturated rings. The van der Waals surface area contributed by atoms with E-state index in [0.29, 0.717) is 11.3 Å². The van der Waals surface area contributed by atoms with Crippen molar-refractivity contribution in [2.24, 2.45) is 5.10 Å². The van der Waals surface area contributed by atoms with Crippen LogP contribution in [0.3, 0.4) is 0 Å². The van der Waals surface area contributed by atoms with Crippen LogP contribution in [0, 0.1) is 10.1 Å². The molecule has 124 valence electrons. The largest absolute Gasteiger partial charge is 0.289 e. The molecule has 2 N–H and O–H groups in total. The Balaban J connectivity index is 1.66. The number of H-pyrrole nitrogens is 1. The summed E-state index contributed by atoms with van der Waals surface area (Å²) in [6.07, 6.45) is 1.33. The smallest absolute Gasteiger partial charge is 0.272 e. The van der Waals surface area contributed by atoms with E-state index in [-0.39, 0.29) is 11.4 Å². The van der Waals surface area contributed by atoms with Gasteiger partial charge < -0.3 is 0 Å². The first kappa shape index (κ1) is 16.1. The SMILES string of the molecule is O=C(N/N=C/c1cccc([N+](=O)[O-])c1)c1cc(-c2ccccc2)n[nH]1. The van der Waals surface area contributed by atoms with Gasteiger partial charge in [0.2, 0.25) is 0 Å². The van der Waals surface area contributed by atoms with Gasteiger partial charge in [0, 0.05) is 23.3 Å². The van der Waals surface area contributed by atoms with Crippen LogP contribution in [0.1, 0.15) is 16.1 Å².